The maximum atomic E-state index is 13.2. The SMILES string of the molecule is CCOc1cc([C@@H](CS(C)(=O)=O)n2c(=O)[nH]c3cc(-c4ccccc4CC)cnc32)ccc1OC. The number of aryl methyl sites for hydroxylation is 1. The van der Waals surface area contributed by atoms with Gasteiger partial charge in [-0.25, -0.2) is 18.2 Å². The lowest BCUT2D eigenvalue weighted by atomic mass is 9.99. The summed E-state index contributed by atoms with van der Waals surface area (Å²) in [6.45, 7) is 4.35. The van der Waals surface area contributed by atoms with Gasteiger partial charge in [-0.3, -0.25) is 4.57 Å². The summed E-state index contributed by atoms with van der Waals surface area (Å²) in [6, 6.07) is 14.3. The fraction of sp³-hybridized carbons (Fsp3) is 0.308. The van der Waals surface area contributed by atoms with E-state index in [1.54, 1.807) is 24.4 Å². The number of H-pyrrole nitrogens is 1. The van der Waals surface area contributed by atoms with Crippen molar-refractivity contribution < 1.29 is 17.9 Å². The Kier molecular flexibility index (Phi) is 6.98. The number of nitrogens with zero attached hydrogens (tertiary/aromatic N) is 2. The second-order valence-electron chi connectivity index (χ2n) is 8.36. The first-order valence-electron chi connectivity index (χ1n) is 11.4. The monoisotopic (exact) mass is 495 g/mol. The van der Waals surface area contributed by atoms with Crippen molar-refractivity contribution in [3.05, 3.63) is 76.3 Å². The number of fused-ring (bicyclic) bond motifs is 1. The van der Waals surface area contributed by atoms with Gasteiger partial charge in [0.2, 0.25) is 0 Å². The Morgan fingerprint density at radius 3 is 2.54 bits per heavy atom. The number of rotatable bonds is 9. The Hall–Kier alpha value is -3.59. The van der Waals surface area contributed by atoms with Crippen LogP contribution in [0.3, 0.4) is 0 Å². The van der Waals surface area contributed by atoms with Crippen LogP contribution in [0.5, 0.6) is 11.5 Å². The first kappa shape index (κ1) is 24.5. The molecule has 8 nitrogen and oxygen atoms in total. The number of hydrogen-bond donors (Lipinski definition) is 1. The highest BCUT2D eigenvalue weighted by Crippen LogP contribution is 2.33. The Balaban J connectivity index is 1.88. The third kappa shape index (κ3) is 5.09. The molecule has 35 heavy (non-hydrogen) atoms. The molecule has 0 bridgehead atoms. The van der Waals surface area contributed by atoms with Gasteiger partial charge < -0.3 is 14.5 Å². The highest BCUT2D eigenvalue weighted by atomic mass is 32.2. The predicted molar refractivity (Wildman–Crippen MR) is 137 cm³/mol. The lowest BCUT2D eigenvalue weighted by Crippen LogP contribution is -2.28. The lowest BCUT2D eigenvalue weighted by molar-refractivity contribution is 0.310. The molecule has 184 valence electrons. The molecule has 0 aliphatic carbocycles. The summed E-state index contributed by atoms with van der Waals surface area (Å²) in [7, 11) is -1.92. The summed E-state index contributed by atoms with van der Waals surface area (Å²) < 4.78 is 37.3. The Labute approximate surface area is 204 Å². The van der Waals surface area contributed by atoms with Gasteiger partial charge in [0.05, 0.1) is 31.0 Å². The molecular weight excluding hydrogens is 466 g/mol. The topological polar surface area (TPSA) is 103 Å². The fourth-order valence-electron chi connectivity index (χ4n) is 4.34. The van der Waals surface area contributed by atoms with E-state index in [-0.39, 0.29) is 5.75 Å². The minimum atomic E-state index is -3.46. The normalized spacial score (nSPS) is 12.6. The van der Waals surface area contributed by atoms with Crippen molar-refractivity contribution in [3.8, 4) is 22.6 Å². The Bertz CT molecular complexity index is 1520. The van der Waals surface area contributed by atoms with Crippen molar-refractivity contribution in [1.82, 2.24) is 14.5 Å². The van der Waals surface area contributed by atoms with E-state index in [2.05, 4.69) is 23.0 Å². The summed E-state index contributed by atoms with van der Waals surface area (Å²) in [5, 5.41) is 0. The number of sulfone groups is 1. The summed E-state index contributed by atoms with van der Waals surface area (Å²) in [5.41, 5.74) is 4.19. The smallest absolute Gasteiger partial charge is 0.328 e. The van der Waals surface area contributed by atoms with Crippen LogP contribution in [0.4, 0.5) is 0 Å². The molecule has 0 radical (unpaired) electrons. The molecule has 0 aliphatic rings. The summed E-state index contributed by atoms with van der Waals surface area (Å²) in [5.74, 6) is 0.725. The minimum Gasteiger partial charge on any atom is -0.493 e. The highest BCUT2D eigenvalue weighted by Gasteiger charge is 2.26. The predicted octanol–water partition coefficient (Wildman–Crippen LogP) is 4.00. The number of aromatic nitrogens is 3. The van der Waals surface area contributed by atoms with Crippen LogP contribution in [-0.2, 0) is 16.3 Å². The van der Waals surface area contributed by atoms with E-state index in [1.165, 1.54) is 17.2 Å². The summed E-state index contributed by atoms with van der Waals surface area (Å²) >= 11 is 0. The third-order valence-electron chi connectivity index (χ3n) is 5.91. The van der Waals surface area contributed by atoms with E-state index in [1.807, 2.05) is 31.2 Å². The van der Waals surface area contributed by atoms with Crippen LogP contribution in [0, 0.1) is 0 Å². The number of pyridine rings is 1. The second-order valence-corrected chi connectivity index (χ2v) is 10.5. The van der Waals surface area contributed by atoms with Gasteiger partial charge in [-0.15, -0.1) is 0 Å². The molecule has 4 aromatic rings. The van der Waals surface area contributed by atoms with Gasteiger partial charge in [0.25, 0.3) is 0 Å². The number of aromatic amines is 1. The van der Waals surface area contributed by atoms with E-state index in [0.29, 0.717) is 34.8 Å². The number of imidazole rings is 1. The Morgan fingerprint density at radius 2 is 1.86 bits per heavy atom. The standard InChI is InChI=1S/C26H29N3O5S/c1-5-17-9-7-8-10-20(17)19-13-21-25(27-15-19)29(26(30)28-21)22(16-35(4,31)32)18-11-12-23(33-3)24(14-18)34-6-2/h7-15,22H,5-6,16H2,1-4H3,(H,28,30)/t22-/m1/s1. The quantitative estimate of drug-likeness (QED) is 0.377. The zero-order chi connectivity index (χ0) is 25.2. The molecule has 0 unspecified atom stereocenters. The van der Waals surface area contributed by atoms with Crippen LogP contribution < -0.4 is 15.2 Å². The van der Waals surface area contributed by atoms with E-state index in [0.717, 1.165) is 23.8 Å². The molecule has 0 fully saturated rings. The highest BCUT2D eigenvalue weighted by molar-refractivity contribution is 7.90. The number of methoxy groups -OCH3 is 1. The van der Waals surface area contributed by atoms with Crippen LogP contribution >= 0.6 is 0 Å². The van der Waals surface area contributed by atoms with E-state index in [4.69, 9.17) is 9.47 Å². The average Bonchev–Trinajstić information content (AvgIpc) is 3.16. The first-order valence-corrected chi connectivity index (χ1v) is 13.5. The molecular formula is C26H29N3O5S. The zero-order valence-corrected chi connectivity index (χ0v) is 21.1. The van der Waals surface area contributed by atoms with Crippen molar-refractivity contribution in [2.45, 2.75) is 26.3 Å². The maximum absolute atomic E-state index is 13.2. The van der Waals surface area contributed by atoms with Crippen LogP contribution in [0.2, 0.25) is 0 Å². The van der Waals surface area contributed by atoms with Gasteiger partial charge in [-0.05, 0) is 48.2 Å². The molecule has 2 aromatic carbocycles. The molecule has 1 atom stereocenters. The molecule has 2 aromatic heterocycles. The molecule has 0 saturated heterocycles. The molecule has 0 spiro atoms. The molecule has 2 heterocycles. The zero-order valence-electron chi connectivity index (χ0n) is 20.2. The second kappa shape index (κ2) is 9.95. The molecule has 1 N–H and O–H groups in total. The van der Waals surface area contributed by atoms with Crippen molar-refractivity contribution in [2.75, 3.05) is 25.7 Å². The van der Waals surface area contributed by atoms with Crippen molar-refractivity contribution in [1.29, 1.82) is 0 Å². The summed E-state index contributed by atoms with van der Waals surface area (Å²) in [4.78, 5) is 20.6. The van der Waals surface area contributed by atoms with E-state index < -0.39 is 21.6 Å². The average molecular weight is 496 g/mol. The van der Waals surface area contributed by atoms with Gasteiger partial charge in [0.15, 0.2) is 17.1 Å². The van der Waals surface area contributed by atoms with E-state index >= 15 is 0 Å². The van der Waals surface area contributed by atoms with Crippen molar-refractivity contribution in [3.63, 3.8) is 0 Å². The van der Waals surface area contributed by atoms with Gasteiger partial charge in [0, 0.05) is 18.0 Å². The Morgan fingerprint density at radius 1 is 1.09 bits per heavy atom. The maximum Gasteiger partial charge on any atom is 0.328 e. The first-order chi connectivity index (χ1) is 16.8. The number of hydrogen-bond acceptors (Lipinski definition) is 6. The molecule has 9 heteroatoms. The number of benzene rings is 2. The minimum absolute atomic E-state index is 0.278. The molecule has 0 amide bonds. The molecule has 0 aliphatic heterocycles. The largest absolute Gasteiger partial charge is 0.493 e. The molecule has 0 saturated carbocycles. The third-order valence-corrected chi connectivity index (χ3v) is 6.83. The summed E-state index contributed by atoms with van der Waals surface area (Å²) in [6.07, 6.45) is 3.74. The van der Waals surface area contributed by atoms with Crippen LogP contribution in [0.15, 0.2) is 59.5 Å². The van der Waals surface area contributed by atoms with Gasteiger partial charge in [-0.1, -0.05) is 37.3 Å². The molecule has 4 rings (SSSR count). The van der Waals surface area contributed by atoms with Crippen LogP contribution in [0.1, 0.15) is 31.0 Å². The van der Waals surface area contributed by atoms with Gasteiger partial charge >= 0.3 is 5.69 Å². The fourth-order valence-corrected chi connectivity index (χ4v) is 5.25. The lowest BCUT2D eigenvalue weighted by Gasteiger charge is -2.20. The number of nitrogens with one attached hydrogen (secondary N) is 1. The van der Waals surface area contributed by atoms with Gasteiger partial charge in [-0.2, -0.15) is 0 Å². The van der Waals surface area contributed by atoms with E-state index in [9.17, 15) is 13.2 Å². The van der Waals surface area contributed by atoms with Gasteiger partial charge in [0.1, 0.15) is 9.84 Å². The number of ether oxygens (including phenoxy) is 2. The van der Waals surface area contributed by atoms with Crippen molar-refractivity contribution >= 4 is 21.0 Å². The van der Waals surface area contributed by atoms with Crippen LogP contribution in [0.25, 0.3) is 22.3 Å². The van der Waals surface area contributed by atoms with Crippen molar-refractivity contribution in [2.24, 2.45) is 0 Å². The van der Waals surface area contributed by atoms with Crippen LogP contribution in [-0.4, -0.2) is 48.7 Å².